The zero-order chi connectivity index (χ0) is 15.0. The second-order valence-electron chi connectivity index (χ2n) is 6.04. The summed E-state index contributed by atoms with van der Waals surface area (Å²) in [6.07, 6.45) is 6.40. The van der Waals surface area contributed by atoms with Crippen LogP contribution in [-0.4, -0.2) is 36.2 Å². The van der Waals surface area contributed by atoms with Gasteiger partial charge in [0.2, 0.25) is 5.91 Å². The molecule has 5 heteroatoms. The summed E-state index contributed by atoms with van der Waals surface area (Å²) in [4.78, 5) is 22.7. The van der Waals surface area contributed by atoms with E-state index in [1.165, 1.54) is 19.3 Å². The van der Waals surface area contributed by atoms with Crippen LogP contribution in [0.25, 0.3) is 0 Å². The maximum atomic E-state index is 11.7. The maximum absolute atomic E-state index is 11.7. The molecule has 1 amide bonds. The first kappa shape index (κ1) is 17.0. The highest BCUT2D eigenvalue weighted by Crippen LogP contribution is 2.20. The molecule has 2 N–H and O–H groups in total. The summed E-state index contributed by atoms with van der Waals surface area (Å²) >= 11 is 0. The smallest absolute Gasteiger partial charge is 0.308 e. The number of amides is 1. The molecule has 1 fully saturated rings. The van der Waals surface area contributed by atoms with Crippen molar-refractivity contribution >= 4 is 11.9 Å². The van der Waals surface area contributed by atoms with Gasteiger partial charge in [-0.05, 0) is 25.2 Å². The van der Waals surface area contributed by atoms with Crippen LogP contribution in [0.2, 0.25) is 0 Å². The quantitative estimate of drug-likeness (QED) is 0.717. The predicted octanol–water partition coefficient (Wildman–Crippen LogP) is 2.20. The van der Waals surface area contributed by atoms with E-state index < -0.39 is 11.9 Å². The van der Waals surface area contributed by atoms with E-state index in [1.54, 1.807) is 0 Å². The van der Waals surface area contributed by atoms with E-state index in [-0.39, 0.29) is 25.2 Å². The number of hydrogen-bond acceptors (Lipinski definition) is 3. The molecule has 0 bridgehead atoms. The van der Waals surface area contributed by atoms with Crippen LogP contribution in [0.5, 0.6) is 0 Å². The van der Waals surface area contributed by atoms with Crippen molar-refractivity contribution in [3.8, 4) is 0 Å². The van der Waals surface area contributed by atoms with E-state index in [0.717, 1.165) is 12.8 Å². The van der Waals surface area contributed by atoms with E-state index in [4.69, 9.17) is 9.84 Å². The van der Waals surface area contributed by atoms with Gasteiger partial charge in [-0.25, -0.2) is 0 Å². The molecule has 0 aromatic heterocycles. The van der Waals surface area contributed by atoms with Crippen molar-refractivity contribution in [3.63, 3.8) is 0 Å². The van der Waals surface area contributed by atoms with Crippen molar-refractivity contribution in [2.75, 3.05) is 13.2 Å². The summed E-state index contributed by atoms with van der Waals surface area (Å²) in [5, 5.41) is 11.8. The molecule has 116 valence electrons. The highest BCUT2D eigenvalue weighted by Gasteiger charge is 2.20. The zero-order valence-electron chi connectivity index (χ0n) is 12.6. The Labute approximate surface area is 121 Å². The Hall–Kier alpha value is -1.10. The van der Waals surface area contributed by atoms with Gasteiger partial charge in [0.25, 0.3) is 0 Å². The van der Waals surface area contributed by atoms with E-state index in [2.05, 4.69) is 5.32 Å². The van der Waals surface area contributed by atoms with Crippen LogP contribution in [0.15, 0.2) is 0 Å². The number of hydrogen-bond donors (Lipinski definition) is 2. The Morgan fingerprint density at radius 1 is 1.25 bits per heavy atom. The minimum atomic E-state index is -0.854. The summed E-state index contributed by atoms with van der Waals surface area (Å²) in [7, 11) is 0. The minimum absolute atomic E-state index is 0.0404. The van der Waals surface area contributed by atoms with E-state index in [0.29, 0.717) is 12.3 Å². The first-order valence-corrected chi connectivity index (χ1v) is 7.60. The number of carboxylic acid groups (broad SMARTS) is 1. The Kier molecular flexibility index (Phi) is 7.59. The number of rotatable bonds is 8. The normalized spacial score (nSPS) is 17.9. The highest BCUT2D eigenvalue weighted by atomic mass is 16.5. The van der Waals surface area contributed by atoms with E-state index in [9.17, 15) is 9.59 Å². The number of ether oxygens (including phenoxy) is 1. The van der Waals surface area contributed by atoms with Crippen molar-refractivity contribution in [3.05, 3.63) is 0 Å². The number of nitrogens with one attached hydrogen (secondary N) is 1. The Morgan fingerprint density at radius 2 is 1.90 bits per heavy atom. The molecule has 0 unspecified atom stereocenters. The van der Waals surface area contributed by atoms with Gasteiger partial charge in [-0.15, -0.1) is 0 Å². The largest absolute Gasteiger partial charge is 0.481 e. The molecule has 5 nitrogen and oxygen atoms in total. The van der Waals surface area contributed by atoms with E-state index in [1.807, 2.05) is 13.8 Å². The maximum Gasteiger partial charge on any atom is 0.308 e. The van der Waals surface area contributed by atoms with Crippen molar-refractivity contribution in [1.82, 2.24) is 5.32 Å². The van der Waals surface area contributed by atoms with Crippen LogP contribution in [0.3, 0.4) is 0 Å². The fourth-order valence-corrected chi connectivity index (χ4v) is 2.55. The third kappa shape index (κ3) is 6.89. The van der Waals surface area contributed by atoms with Crippen molar-refractivity contribution < 1.29 is 19.4 Å². The topological polar surface area (TPSA) is 75.6 Å². The van der Waals surface area contributed by atoms with Crippen molar-refractivity contribution in [1.29, 1.82) is 0 Å². The molecular weight excluding hydrogens is 258 g/mol. The van der Waals surface area contributed by atoms with Crippen LogP contribution in [0.1, 0.15) is 52.4 Å². The monoisotopic (exact) mass is 285 g/mol. The van der Waals surface area contributed by atoms with Gasteiger partial charge in [0, 0.05) is 6.54 Å². The van der Waals surface area contributed by atoms with Crippen LogP contribution >= 0.6 is 0 Å². The van der Waals surface area contributed by atoms with Gasteiger partial charge in [0.1, 0.15) is 6.61 Å². The van der Waals surface area contributed by atoms with Gasteiger partial charge in [0.15, 0.2) is 0 Å². The lowest BCUT2D eigenvalue weighted by Gasteiger charge is -2.22. The first-order valence-electron chi connectivity index (χ1n) is 7.60. The first-order chi connectivity index (χ1) is 9.49. The molecule has 0 aliphatic heterocycles. The molecule has 0 radical (unpaired) electrons. The number of carbonyl (C=O) groups is 2. The molecule has 1 aliphatic carbocycles. The summed E-state index contributed by atoms with van der Waals surface area (Å²) in [6.45, 7) is 4.17. The molecule has 20 heavy (non-hydrogen) atoms. The van der Waals surface area contributed by atoms with Crippen LogP contribution in [-0.2, 0) is 14.3 Å². The minimum Gasteiger partial charge on any atom is -0.481 e. The molecule has 0 spiro atoms. The summed E-state index contributed by atoms with van der Waals surface area (Å²) in [5.41, 5.74) is 0. The lowest BCUT2D eigenvalue weighted by atomic mass is 9.97. The van der Waals surface area contributed by atoms with Gasteiger partial charge < -0.3 is 15.2 Å². The third-order valence-corrected chi connectivity index (χ3v) is 3.65. The Balaban J connectivity index is 2.21. The molecule has 1 saturated carbocycles. The molecule has 1 atom stereocenters. The lowest BCUT2D eigenvalue weighted by Crippen LogP contribution is -2.36. The van der Waals surface area contributed by atoms with Crippen LogP contribution < -0.4 is 5.32 Å². The molecule has 0 heterocycles. The fourth-order valence-electron chi connectivity index (χ4n) is 2.55. The number of aliphatic carboxylic acids is 1. The van der Waals surface area contributed by atoms with Gasteiger partial charge in [0.05, 0.1) is 12.0 Å². The zero-order valence-corrected chi connectivity index (χ0v) is 12.6. The van der Waals surface area contributed by atoms with Crippen molar-refractivity contribution in [2.45, 2.75) is 58.5 Å². The molecule has 0 saturated heterocycles. The third-order valence-electron chi connectivity index (χ3n) is 3.65. The number of carbonyl (C=O) groups excluding carboxylic acids is 1. The van der Waals surface area contributed by atoms with Crippen molar-refractivity contribution in [2.24, 2.45) is 11.8 Å². The van der Waals surface area contributed by atoms with Gasteiger partial charge in [-0.2, -0.15) is 0 Å². The van der Waals surface area contributed by atoms with Gasteiger partial charge in [-0.1, -0.05) is 33.1 Å². The summed E-state index contributed by atoms with van der Waals surface area (Å²) in [5.74, 6) is -1.29. The predicted molar refractivity (Wildman–Crippen MR) is 76.4 cm³/mol. The molecule has 0 aromatic rings. The average Bonchev–Trinajstić information content (AvgIpc) is 2.41. The highest BCUT2D eigenvalue weighted by molar-refractivity contribution is 5.78. The SMILES string of the molecule is CC(C)C[C@@H](CNC(=O)COC1CCCCC1)C(=O)O. The fraction of sp³-hybridized carbons (Fsp3) is 0.867. The second kappa shape index (κ2) is 8.95. The Morgan fingerprint density at radius 3 is 2.45 bits per heavy atom. The average molecular weight is 285 g/mol. The van der Waals surface area contributed by atoms with Gasteiger partial charge >= 0.3 is 5.97 Å². The summed E-state index contributed by atoms with van der Waals surface area (Å²) in [6, 6.07) is 0. The standard InChI is InChI=1S/C15H27NO4/c1-11(2)8-12(15(18)19)9-16-14(17)10-20-13-6-4-3-5-7-13/h11-13H,3-10H2,1-2H3,(H,16,17)(H,18,19)/t12-/m0/s1. The lowest BCUT2D eigenvalue weighted by molar-refractivity contribution is -0.142. The Bertz CT molecular complexity index is 311. The molecule has 0 aromatic carbocycles. The molecule has 1 rings (SSSR count). The van der Waals surface area contributed by atoms with Crippen LogP contribution in [0, 0.1) is 11.8 Å². The van der Waals surface area contributed by atoms with Gasteiger partial charge in [-0.3, -0.25) is 9.59 Å². The molecular formula is C15H27NO4. The number of carboxylic acids is 1. The molecule has 1 aliphatic rings. The second-order valence-corrected chi connectivity index (χ2v) is 6.04. The summed E-state index contributed by atoms with van der Waals surface area (Å²) < 4.78 is 5.56. The van der Waals surface area contributed by atoms with Crippen LogP contribution in [0.4, 0.5) is 0 Å². The van der Waals surface area contributed by atoms with E-state index >= 15 is 0 Å².